The molecule has 1 saturated carbocycles. The van der Waals surface area contributed by atoms with E-state index in [2.05, 4.69) is 10.2 Å². The number of aliphatic hydroxyl groups is 1. The summed E-state index contributed by atoms with van der Waals surface area (Å²) in [6.45, 7) is 5.88. The Kier molecular flexibility index (Phi) is 6.30. The van der Waals surface area contributed by atoms with Crippen molar-refractivity contribution >= 4 is 5.91 Å². The summed E-state index contributed by atoms with van der Waals surface area (Å²) < 4.78 is 0. The molecule has 2 unspecified atom stereocenters. The first-order valence-corrected chi connectivity index (χ1v) is 8.35. The highest BCUT2D eigenvalue weighted by Gasteiger charge is 2.24. The van der Waals surface area contributed by atoms with Gasteiger partial charge in [-0.2, -0.15) is 0 Å². The van der Waals surface area contributed by atoms with Crippen LogP contribution in [-0.2, 0) is 4.79 Å². The Morgan fingerprint density at radius 2 is 2.05 bits per heavy atom. The molecule has 0 aromatic rings. The zero-order chi connectivity index (χ0) is 14.4. The molecule has 0 aromatic heterocycles. The molecule has 2 N–H and O–H groups in total. The lowest BCUT2D eigenvalue weighted by Gasteiger charge is -2.34. The molecule has 1 aliphatic carbocycles. The molecular formula is C16H30N2O2. The quantitative estimate of drug-likeness (QED) is 0.730. The number of aliphatic hydroxyl groups excluding tert-OH is 1. The first-order chi connectivity index (χ1) is 9.66. The molecule has 1 amide bonds. The zero-order valence-electron chi connectivity index (χ0n) is 12.8. The average molecular weight is 282 g/mol. The Hall–Kier alpha value is -0.610. The van der Waals surface area contributed by atoms with Gasteiger partial charge in [-0.1, -0.05) is 12.8 Å². The van der Waals surface area contributed by atoms with Gasteiger partial charge in [0.25, 0.3) is 0 Å². The largest absolute Gasteiger partial charge is 0.393 e. The summed E-state index contributed by atoms with van der Waals surface area (Å²) in [5.74, 6) is 0.976. The summed E-state index contributed by atoms with van der Waals surface area (Å²) in [6, 6.07) is 0. The number of amides is 1. The Balaban J connectivity index is 1.57. The minimum absolute atomic E-state index is 0.195. The zero-order valence-corrected chi connectivity index (χ0v) is 12.8. The molecule has 4 heteroatoms. The second-order valence-corrected chi connectivity index (χ2v) is 6.57. The predicted molar refractivity (Wildman–Crippen MR) is 80.4 cm³/mol. The van der Waals surface area contributed by atoms with Gasteiger partial charge in [-0.25, -0.2) is 0 Å². The van der Waals surface area contributed by atoms with Crippen LogP contribution in [0.2, 0.25) is 0 Å². The van der Waals surface area contributed by atoms with Crippen molar-refractivity contribution in [2.45, 2.75) is 58.0 Å². The van der Waals surface area contributed by atoms with Crippen LogP contribution in [0, 0.1) is 11.8 Å². The third-order valence-electron chi connectivity index (χ3n) is 4.90. The molecule has 1 aliphatic heterocycles. The Labute approximate surface area is 122 Å². The van der Waals surface area contributed by atoms with Crippen LogP contribution in [0.5, 0.6) is 0 Å². The van der Waals surface area contributed by atoms with Crippen LogP contribution in [-0.4, -0.2) is 48.2 Å². The van der Waals surface area contributed by atoms with Crippen molar-refractivity contribution in [1.29, 1.82) is 0 Å². The van der Waals surface area contributed by atoms with Gasteiger partial charge in [-0.05, 0) is 58.0 Å². The van der Waals surface area contributed by atoms with Gasteiger partial charge < -0.3 is 15.3 Å². The van der Waals surface area contributed by atoms with E-state index in [4.69, 9.17) is 0 Å². The number of likely N-dealkylation sites (tertiary alicyclic amines) is 1. The Bertz CT molecular complexity index is 301. The normalized spacial score (nSPS) is 26.6. The average Bonchev–Trinajstić information content (AvgIpc) is 2.98. The van der Waals surface area contributed by atoms with Crippen LogP contribution in [0.3, 0.4) is 0 Å². The van der Waals surface area contributed by atoms with Gasteiger partial charge in [0.05, 0.1) is 6.10 Å². The third kappa shape index (κ3) is 4.74. The summed E-state index contributed by atoms with van der Waals surface area (Å²) in [5, 5.41) is 12.8. The number of hydrogen-bond acceptors (Lipinski definition) is 3. The fourth-order valence-corrected chi connectivity index (χ4v) is 3.53. The van der Waals surface area contributed by atoms with E-state index in [1.54, 1.807) is 0 Å². The molecule has 20 heavy (non-hydrogen) atoms. The van der Waals surface area contributed by atoms with Crippen LogP contribution in [0.4, 0.5) is 0 Å². The Morgan fingerprint density at radius 3 is 2.75 bits per heavy atom. The first kappa shape index (κ1) is 15.8. The summed E-state index contributed by atoms with van der Waals surface area (Å²) in [6.07, 6.45) is 7.74. The van der Waals surface area contributed by atoms with Gasteiger partial charge in [0.15, 0.2) is 0 Å². The van der Waals surface area contributed by atoms with Gasteiger partial charge in [-0.15, -0.1) is 0 Å². The van der Waals surface area contributed by atoms with Crippen molar-refractivity contribution < 1.29 is 9.90 Å². The molecular weight excluding hydrogens is 252 g/mol. The Morgan fingerprint density at radius 1 is 1.30 bits per heavy atom. The molecule has 2 atom stereocenters. The van der Waals surface area contributed by atoms with Crippen molar-refractivity contribution in [3.8, 4) is 0 Å². The van der Waals surface area contributed by atoms with E-state index in [0.717, 1.165) is 51.9 Å². The number of piperidine rings is 1. The SMILES string of the molecule is CC(O)C1CCCN(CCCNC(=O)C2CCCC2)C1. The topological polar surface area (TPSA) is 52.6 Å². The van der Waals surface area contributed by atoms with Crippen LogP contribution in [0.15, 0.2) is 0 Å². The smallest absolute Gasteiger partial charge is 0.223 e. The number of nitrogens with one attached hydrogen (secondary N) is 1. The first-order valence-electron chi connectivity index (χ1n) is 8.35. The van der Waals surface area contributed by atoms with Gasteiger partial charge >= 0.3 is 0 Å². The lowest BCUT2D eigenvalue weighted by atomic mass is 9.93. The number of rotatable bonds is 6. The fourth-order valence-electron chi connectivity index (χ4n) is 3.53. The summed E-state index contributed by atoms with van der Waals surface area (Å²) in [7, 11) is 0. The van der Waals surface area contributed by atoms with E-state index in [-0.39, 0.29) is 17.9 Å². The van der Waals surface area contributed by atoms with E-state index >= 15 is 0 Å². The van der Waals surface area contributed by atoms with Gasteiger partial charge in [0.2, 0.25) is 5.91 Å². The van der Waals surface area contributed by atoms with Crippen molar-refractivity contribution in [2.24, 2.45) is 11.8 Å². The van der Waals surface area contributed by atoms with E-state index in [1.807, 2.05) is 6.92 Å². The maximum Gasteiger partial charge on any atom is 0.223 e. The highest BCUT2D eigenvalue weighted by molar-refractivity contribution is 5.78. The van der Waals surface area contributed by atoms with E-state index < -0.39 is 0 Å². The van der Waals surface area contributed by atoms with Crippen molar-refractivity contribution in [2.75, 3.05) is 26.2 Å². The minimum atomic E-state index is -0.195. The van der Waals surface area contributed by atoms with Crippen molar-refractivity contribution in [3.63, 3.8) is 0 Å². The number of carbonyl (C=O) groups is 1. The second-order valence-electron chi connectivity index (χ2n) is 6.57. The number of hydrogen-bond donors (Lipinski definition) is 2. The molecule has 1 saturated heterocycles. The number of nitrogens with zero attached hydrogens (tertiary/aromatic N) is 1. The maximum absolute atomic E-state index is 11.9. The highest BCUT2D eigenvalue weighted by Crippen LogP contribution is 2.24. The summed E-state index contributed by atoms with van der Waals surface area (Å²) in [5.41, 5.74) is 0. The predicted octanol–water partition coefficient (Wildman–Crippen LogP) is 1.78. The standard InChI is InChI=1S/C16H30N2O2/c1-13(19)15-8-4-10-18(12-15)11-5-9-17-16(20)14-6-2-3-7-14/h13-15,19H,2-12H2,1H3,(H,17,20). The van der Waals surface area contributed by atoms with Gasteiger partial charge in [0.1, 0.15) is 0 Å². The van der Waals surface area contributed by atoms with Gasteiger partial charge in [0, 0.05) is 19.0 Å². The highest BCUT2D eigenvalue weighted by atomic mass is 16.3. The van der Waals surface area contributed by atoms with Crippen molar-refractivity contribution in [3.05, 3.63) is 0 Å². The molecule has 2 fully saturated rings. The molecule has 0 aromatic carbocycles. The third-order valence-corrected chi connectivity index (χ3v) is 4.90. The fraction of sp³-hybridized carbons (Fsp3) is 0.938. The molecule has 4 nitrogen and oxygen atoms in total. The molecule has 1 heterocycles. The molecule has 2 rings (SSSR count). The molecule has 0 bridgehead atoms. The number of carbonyl (C=O) groups excluding carboxylic acids is 1. The van der Waals surface area contributed by atoms with E-state index in [0.29, 0.717) is 5.92 Å². The lowest BCUT2D eigenvalue weighted by Crippen LogP contribution is -2.41. The molecule has 0 radical (unpaired) electrons. The molecule has 116 valence electrons. The van der Waals surface area contributed by atoms with Crippen molar-refractivity contribution in [1.82, 2.24) is 10.2 Å². The van der Waals surface area contributed by atoms with Crippen LogP contribution < -0.4 is 5.32 Å². The molecule has 2 aliphatic rings. The second kappa shape index (κ2) is 7.99. The monoisotopic (exact) mass is 282 g/mol. The summed E-state index contributed by atoms with van der Waals surface area (Å²) >= 11 is 0. The van der Waals surface area contributed by atoms with Crippen LogP contribution in [0.1, 0.15) is 51.9 Å². The van der Waals surface area contributed by atoms with Crippen LogP contribution >= 0.6 is 0 Å². The minimum Gasteiger partial charge on any atom is -0.393 e. The van der Waals surface area contributed by atoms with Gasteiger partial charge in [-0.3, -0.25) is 4.79 Å². The summed E-state index contributed by atoms with van der Waals surface area (Å²) in [4.78, 5) is 14.3. The lowest BCUT2D eigenvalue weighted by molar-refractivity contribution is -0.124. The van der Waals surface area contributed by atoms with E-state index in [1.165, 1.54) is 19.3 Å². The molecule has 0 spiro atoms. The van der Waals surface area contributed by atoms with E-state index in [9.17, 15) is 9.90 Å². The maximum atomic E-state index is 11.9. The van der Waals surface area contributed by atoms with Crippen LogP contribution in [0.25, 0.3) is 0 Å².